The lowest BCUT2D eigenvalue weighted by Crippen LogP contribution is -2.48. The van der Waals surface area contributed by atoms with E-state index in [4.69, 9.17) is 15.2 Å². The van der Waals surface area contributed by atoms with Crippen LogP contribution in [0.3, 0.4) is 0 Å². The number of alkyl carbamates (subject to hydrolysis) is 1. The maximum absolute atomic E-state index is 12.9. The molecule has 3 atom stereocenters. The largest absolute Gasteiger partial charge is 0.481 e. The minimum atomic E-state index is -0.855. The van der Waals surface area contributed by atoms with Crippen LogP contribution in [0.1, 0.15) is 85.5 Å². The Morgan fingerprint density at radius 3 is 2.30 bits per heavy atom. The number of ether oxygens (including phenoxy) is 2. The van der Waals surface area contributed by atoms with Gasteiger partial charge in [-0.1, -0.05) is 12.2 Å². The molecule has 2 aliphatic rings. The molecule has 0 bridgehead atoms. The first-order valence-electron chi connectivity index (χ1n) is 13.9. The molecule has 0 aromatic heterocycles. The zero-order valence-electron chi connectivity index (χ0n) is 23.2. The third kappa shape index (κ3) is 11.0. The highest BCUT2D eigenvalue weighted by Crippen LogP contribution is 2.52. The summed E-state index contributed by atoms with van der Waals surface area (Å²) in [7, 11) is 0. The van der Waals surface area contributed by atoms with E-state index < -0.39 is 29.1 Å². The van der Waals surface area contributed by atoms with Crippen LogP contribution in [0.15, 0.2) is 12.2 Å². The van der Waals surface area contributed by atoms with E-state index in [1.165, 1.54) is 0 Å². The van der Waals surface area contributed by atoms with Gasteiger partial charge in [-0.25, -0.2) is 4.79 Å². The van der Waals surface area contributed by atoms with Crippen molar-refractivity contribution in [2.45, 2.75) is 97.1 Å². The van der Waals surface area contributed by atoms with E-state index in [0.717, 1.165) is 38.5 Å². The van der Waals surface area contributed by atoms with Gasteiger partial charge in [-0.15, -0.1) is 0 Å². The molecule has 0 aromatic carbocycles. The van der Waals surface area contributed by atoms with Gasteiger partial charge in [0.05, 0.1) is 17.6 Å². The summed E-state index contributed by atoms with van der Waals surface area (Å²) in [6.45, 7) is 8.80. The topological polar surface area (TPSA) is 140 Å². The molecule has 0 heterocycles. The fourth-order valence-electron chi connectivity index (χ4n) is 4.93. The molecule has 37 heavy (non-hydrogen) atoms. The summed E-state index contributed by atoms with van der Waals surface area (Å²) in [4.78, 5) is 36.7. The average Bonchev–Trinajstić information content (AvgIpc) is 3.45. The summed E-state index contributed by atoms with van der Waals surface area (Å²) in [6, 6.07) is -0.684. The van der Waals surface area contributed by atoms with Crippen molar-refractivity contribution in [3.8, 4) is 0 Å². The Hall–Kier alpha value is -2.13. The summed E-state index contributed by atoms with van der Waals surface area (Å²) < 4.78 is 11.4. The van der Waals surface area contributed by atoms with Gasteiger partial charge < -0.3 is 30.9 Å². The highest BCUT2D eigenvalue weighted by Gasteiger charge is 2.49. The molecule has 0 aromatic rings. The van der Waals surface area contributed by atoms with Crippen LogP contribution in [0.5, 0.6) is 0 Å². The number of hydrogen-bond donors (Lipinski definition) is 4. The van der Waals surface area contributed by atoms with Gasteiger partial charge in [-0.2, -0.15) is 0 Å². The minimum absolute atomic E-state index is 0.254. The molecule has 2 amide bonds. The quantitative estimate of drug-likeness (QED) is 0.177. The maximum Gasteiger partial charge on any atom is 0.407 e. The standard InChI is InChI=1S/C28H49N3O6/c1-27(2,25(33)34)15-18-37-28(3,4)14-17-30-24(32)23(13-9-10-16-29)31-26(35)36-19-22-20-11-7-5-6-8-12-21(20)22/h5-6,20-23H,7-19,29H2,1-4H3,(H,30,32)(H,31,35)(H,33,34)/b6-5-. The minimum Gasteiger partial charge on any atom is -0.481 e. The van der Waals surface area contributed by atoms with Crippen LogP contribution in [0.2, 0.25) is 0 Å². The molecule has 2 rings (SSSR count). The summed E-state index contributed by atoms with van der Waals surface area (Å²) in [5.74, 6) is 0.602. The molecule has 212 valence electrons. The smallest absolute Gasteiger partial charge is 0.407 e. The molecule has 0 spiro atoms. The molecule has 9 heteroatoms. The number of nitrogens with one attached hydrogen (secondary N) is 2. The van der Waals surface area contributed by atoms with E-state index in [0.29, 0.717) is 63.3 Å². The van der Waals surface area contributed by atoms with Gasteiger partial charge in [-0.05, 0) is 110 Å². The lowest BCUT2D eigenvalue weighted by molar-refractivity contribution is -0.149. The number of carbonyl (C=O) groups excluding carboxylic acids is 2. The lowest BCUT2D eigenvalue weighted by Gasteiger charge is -2.28. The number of allylic oxidation sites excluding steroid dienone is 2. The van der Waals surface area contributed by atoms with Crippen LogP contribution in [-0.2, 0) is 19.1 Å². The van der Waals surface area contributed by atoms with Crippen molar-refractivity contribution in [3.05, 3.63) is 12.2 Å². The summed E-state index contributed by atoms with van der Waals surface area (Å²) in [5.41, 5.74) is 4.22. The predicted molar refractivity (Wildman–Crippen MR) is 143 cm³/mol. The maximum atomic E-state index is 12.9. The first kappa shape index (κ1) is 31.1. The fourth-order valence-corrected chi connectivity index (χ4v) is 4.93. The predicted octanol–water partition coefficient (Wildman–Crippen LogP) is 4.01. The number of fused-ring (bicyclic) bond motifs is 1. The number of hydrogen-bond acceptors (Lipinski definition) is 6. The summed E-state index contributed by atoms with van der Waals surface area (Å²) in [6.07, 6.45) is 11.4. The normalized spacial score (nSPS) is 23.1. The molecule has 3 unspecified atom stereocenters. The molecular formula is C28H49N3O6. The SMILES string of the molecule is CC(C)(CCNC(=O)C(CCCCN)NC(=O)OCC1C2CC/C=C\CCC21)OCCC(C)(C)C(=O)O. The molecule has 1 fully saturated rings. The van der Waals surface area contributed by atoms with Crippen molar-refractivity contribution in [1.82, 2.24) is 10.6 Å². The Balaban J connectivity index is 1.75. The third-order valence-electron chi connectivity index (χ3n) is 7.80. The Kier molecular flexibility index (Phi) is 12.4. The zero-order chi connectivity index (χ0) is 27.5. The van der Waals surface area contributed by atoms with Gasteiger partial charge >= 0.3 is 12.1 Å². The van der Waals surface area contributed by atoms with E-state index >= 15 is 0 Å². The van der Waals surface area contributed by atoms with Gasteiger partial charge in [0.15, 0.2) is 0 Å². The first-order chi connectivity index (χ1) is 17.5. The summed E-state index contributed by atoms with van der Waals surface area (Å²) >= 11 is 0. The Labute approximate surface area is 222 Å². The Morgan fingerprint density at radius 2 is 1.70 bits per heavy atom. The van der Waals surface area contributed by atoms with E-state index in [9.17, 15) is 19.5 Å². The molecule has 0 aliphatic heterocycles. The first-order valence-corrected chi connectivity index (χ1v) is 13.9. The molecule has 2 aliphatic carbocycles. The number of aliphatic carboxylic acids is 1. The zero-order valence-corrected chi connectivity index (χ0v) is 23.2. The van der Waals surface area contributed by atoms with Crippen LogP contribution in [0.4, 0.5) is 4.79 Å². The van der Waals surface area contributed by atoms with Crippen LogP contribution in [0, 0.1) is 23.2 Å². The lowest BCUT2D eigenvalue weighted by atomic mass is 9.90. The Bertz CT molecular complexity index is 766. The van der Waals surface area contributed by atoms with Gasteiger partial charge in [0.1, 0.15) is 6.04 Å². The molecule has 5 N–H and O–H groups in total. The third-order valence-corrected chi connectivity index (χ3v) is 7.80. The van der Waals surface area contributed by atoms with Crippen molar-refractivity contribution in [3.63, 3.8) is 0 Å². The van der Waals surface area contributed by atoms with E-state index in [2.05, 4.69) is 22.8 Å². The second-order valence-corrected chi connectivity index (χ2v) is 11.8. The number of amides is 2. The second-order valence-electron chi connectivity index (χ2n) is 11.8. The van der Waals surface area contributed by atoms with Crippen LogP contribution in [-0.4, -0.2) is 61.0 Å². The molecule has 0 saturated heterocycles. The van der Waals surface area contributed by atoms with Crippen LogP contribution < -0.4 is 16.4 Å². The number of carboxylic acid groups (broad SMARTS) is 1. The number of nitrogens with two attached hydrogens (primary N) is 1. The molecule has 0 radical (unpaired) electrons. The van der Waals surface area contributed by atoms with Gasteiger partial charge in [0, 0.05) is 13.2 Å². The van der Waals surface area contributed by atoms with Crippen molar-refractivity contribution < 1.29 is 29.0 Å². The van der Waals surface area contributed by atoms with Gasteiger partial charge in [0.25, 0.3) is 0 Å². The monoisotopic (exact) mass is 523 g/mol. The highest BCUT2D eigenvalue weighted by atomic mass is 16.5. The molecular weight excluding hydrogens is 474 g/mol. The number of unbranched alkanes of at least 4 members (excludes halogenated alkanes) is 1. The van der Waals surface area contributed by atoms with Gasteiger partial charge in [-0.3, -0.25) is 9.59 Å². The number of rotatable bonds is 16. The van der Waals surface area contributed by atoms with E-state index in [1.807, 2.05) is 13.8 Å². The molecule has 9 nitrogen and oxygen atoms in total. The highest BCUT2D eigenvalue weighted by molar-refractivity contribution is 5.85. The average molecular weight is 524 g/mol. The van der Waals surface area contributed by atoms with Crippen LogP contribution >= 0.6 is 0 Å². The van der Waals surface area contributed by atoms with Crippen LogP contribution in [0.25, 0.3) is 0 Å². The number of carbonyl (C=O) groups is 3. The van der Waals surface area contributed by atoms with Gasteiger partial charge in [0.2, 0.25) is 5.91 Å². The fraction of sp³-hybridized carbons (Fsp3) is 0.821. The molecule has 1 saturated carbocycles. The van der Waals surface area contributed by atoms with E-state index in [1.54, 1.807) is 13.8 Å². The van der Waals surface area contributed by atoms with Crippen molar-refractivity contribution >= 4 is 18.0 Å². The number of carboxylic acids is 1. The van der Waals surface area contributed by atoms with E-state index in [-0.39, 0.29) is 5.91 Å². The Morgan fingerprint density at radius 1 is 1.05 bits per heavy atom. The second kappa shape index (κ2) is 14.7. The van der Waals surface area contributed by atoms with Crippen molar-refractivity contribution in [2.75, 3.05) is 26.3 Å². The summed E-state index contributed by atoms with van der Waals surface area (Å²) in [5, 5.41) is 14.9. The van der Waals surface area contributed by atoms with Crippen molar-refractivity contribution in [2.24, 2.45) is 28.9 Å². The van der Waals surface area contributed by atoms with Crippen molar-refractivity contribution in [1.29, 1.82) is 0 Å².